The number of aryl methyl sites for hydroxylation is 2. The van der Waals surface area contributed by atoms with E-state index in [1.54, 1.807) is 7.11 Å². The largest absolute Gasteiger partial charge is 0.496 e. The summed E-state index contributed by atoms with van der Waals surface area (Å²) in [6.07, 6.45) is 4.63. The van der Waals surface area contributed by atoms with Crippen molar-refractivity contribution in [3.63, 3.8) is 0 Å². The van der Waals surface area contributed by atoms with Crippen LogP contribution in [0, 0.1) is 19.8 Å². The summed E-state index contributed by atoms with van der Waals surface area (Å²) in [5.41, 5.74) is 3.94. The van der Waals surface area contributed by atoms with Crippen molar-refractivity contribution in [2.75, 3.05) is 13.7 Å². The Morgan fingerprint density at radius 3 is 2.67 bits per heavy atom. The highest BCUT2D eigenvalue weighted by Gasteiger charge is 2.44. The number of benzene rings is 1. The number of fused-ring (bicyclic) bond motifs is 2. The van der Waals surface area contributed by atoms with Crippen LogP contribution in [0.2, 0.25) is 0 Å². The van der Waals surface area contributed by atoms with Crippen LogP contribution >= 0.6 is 0 Å². The third kappa shape index (κ3) is 2.69. The van der Waals surface area contributed by atoms with Crippen molar-refractivity contribution in [1.82, 2.24) is 5.32 Å². The molecule has 2 saturated heterocycles. The molecule has 0 aromatic heterocycles. The van der Waals surface area contributed by atoms with E-state index < -0.39 is 0 Å². The fourth-order valence-corrected chi connectivity index (χ4v) is 4.11. The topological polar surface area (TPSA) is 30.5 Å². The Morgan fingerprint density at radius 2 is 2.10 bits per heavy atom. The molecule has 2 fully saturated rings. The van der Waals surface area contributed by atoms with Crippen LogP contribution in [0.3, 0.4) is 0 Å². The Balaban J connectivity index is 1.92. The minimum atomic E-state index is 0.398. The molecule has 0 aliphatic carbocycles. The van der Waals surface area contributed by atoms with Gasteiger partial charge in [0.1, 0.15) is 5.75 Å². The SMILES string of the molecule is CCNC(c1cc(C)c(OC)cc1C)C1CC2CCC1O2. The van der Waals surface area contributed by atoms with Crippen LogP contribution in [0.4, 0.5) is 0 Å². The predicted octanol–water partition coefficient (Wildman–Crippen LogP) is 3.53. The lowest BCUT2D eigenvalue weighted by Gasteiger charge is -2.31. The second-order valence-corrected chi connectivity index (χ2v) is 6.49. The van der Waals surface area contributed by atoms with Crippen LogP contribution in [-0.4, -0.2) is 25.9 Å². The molecule has 1 aromatic rings. The Labute approximate surface area is 128 Å². The van der Waals surface area contributed by atoms with Crippen LogP contribution in [0.1, 0.15) is 48.9 Å². The van der Waals surface area contributed by atoms with Gasteiger partial charge in [-0.2, -0.15) is 0 Å². The Bertz CT molecular complexity index is 514. The van der Waals surface area contributed by atoms with Crippen LogP contribution in [0.25, 0.3) is 0 Å². The predicted molar refractivity (Wildman–Crippen MR) is 84.9 cm³/mol. The van der Waals surface area contributed by atoms with Gasteiger partial charge in [-0.25, -0.2) is 0 Å². The van der Waals surface area contributed by atoms with Gasteiger partial charge in [0.25, 0.3) is 0 Å². The maximum Gasteiger partial charge on any atom is 0.122 e. The van der Waals surface area contributed by atoms with Gasteiger partial charge in [0, 0.05) is 12.0 Å². The molecule has 3 rings (SSSR count). The molecule has 0 amide bonds. The van der Waals surface area contributed by atoms with Gasteiger partial charge in [-0.1, -0.05) is 13.0 Å². The van der Waals surface area contributed by atoms with Gasteiger partial charge >= 0.3 is 0 Å². The molecule has 0 saturated carbocycles. The molecule has 2 aliphatic rings. The molecule has 1 N–H and O–H groups in total. The van der Waals surface area contributed by atoms with E-state index in [1.165, 1.54) is 36.0 Å². The first-order chi connectivity index (χ1) is 10.1. The molecule has 1 aromatic carbocycles. The van der Waals surface area contributed by atoms with E-state index in [0.717, 1.165) is 12.3 Å². The van der Waals surface area contributed by atoms with Crippen molar-refractivity contribution in [2.45, 2.75) is 58.3 Å². The summed E-state index contributed by atoms with van der Waals surface area (Å²) in [5, 5.41) is 3.71. The molecule has 4 unspecified atom stereocenters. The summed E-state index contributed by atoms with van der Waals surface area (Å²) in [6.45, 7) is 7.49. The van der Waals surface area contributed by atoms with Crippen LogP contribution in [0.15, 0.2) is 12.1 Å². The highest BCUT2D eigenvalue weighted by molar-refractivity contribution is 5.43. The number of rotatable bonds is 5. The van der Waals surface area contributed by atoms with Crippen molar-refractivity contribution in [3.05, 3.63) is 28.8 Å². The van der Waals surface area contributed by atoms with Crippen LogP contribution in [0.5, 0.6) is 5.75 Å². The number of nitrogens with one attached hydrogen (secondary N) is 1. The number of hydrogen-bond donors (Lipinski definition) is 1. The molecule has 2 heterocycles. The molecule has 2 bridgehead atoms. The van der Waals surface area contributed by atoms with Gasteiger partial charge in [-0.3, -0.25) is 0 Å². The fourth-order valence-electron chi connectivity index (χ4n) is 4.11. The zero-order valence-electron chi connectivity index (χ0n) is 13.6. The number of methoxy groups -OCH3 is 1. The first-order valence-corrected chi connectivity index (χ1v) is 8.18. The molecule has 2 aliphatic heterocycles. The Hall–Kier alpha value is -1.06. The standard InChI is InChI=1S/C18H27NO2/c1-5-19-18(15-10-13-6-7-16(15)21-13)14-8-12(3)17(20-4)9-11(14)2/h8-9,13,15-16,18-19H,5-7,10H2,1-4H3. The molecule has 3 nitrogen and oxygen atoms in total. The number of hydrogen-bond acceptors (Lipinski definition) is 3. The minimum Gasteiger partial charge on any atom is -0.496 e. The highest BCUT2D eigenvalue weighted by Crippen LogP contribution is 2.45. The van der Waals surface area contributed by atoms with Crippen molar-refractivity contribution in [3.8, 4) is 5.75 Å². The van der Waals surface area contributed by atoms with Crippen molar-refractivity contribution < 1.29 is 9.47 Å². The van der Waals surface area contributed by atoms with E-state index >= 15 is 0 Å². The summed E-state index contributed by atoms with van der Waals surface area (Å²) in [6, 6.07) is 4.87. The minimum absolute atomic E-state index is 0.398. The van der Waals surface area contributed by atoms with Gasteiger partial charge < -0.3 is 14.8 Å². The quantitative estimate of drug-likeness (QED) is 0.899. The smallest absolute Gasteiger partial charge is 0.122 e. The lowest BCUT2D eigenvalue weighted by Crippen LogP contribution is -2.34. The fraction of sp³-hybridized carbons (Fsp3) is 0.667. The molecular formula is C18H27NO2. The first-order valence-electron chi connectivity index (χ1n) is 8.18. The zero-order valence-corrected chi connectivity index (χ0v) is 13.6. The summed E-state index contributed by atoms with van der Waals surface area (Å²) in [4.78, 5) is 0. The summed E-state index contributed by atoms with van der Waals surface area (Å²) in [7, 11) is 1.74. The van der Waals surface area contributed by atoms with E-state index in [2.05, 4.69) is 38.2 Å². The second-order valence-electron chi connectivity index (χ2n) is 6.49. The molecule has 3 heteroatoms. The highest BCUT2D eigenvalue weighted by atomic mass is 16.5. The Morgan fingerprint density at radius 1 is 1.29 bits per heavy atom. The lowest BCUT2D eigenvalue weighted by molar-refractivity contribution is 0.0857. The third-order valence-corrected chi connectivity index (χ3v) is 5.12. The molecular weight excluding hydrogens is 262 g/mol. The lowest BCUT2D eigenvalue weighted by atomic mass is 9.79. The Kier molecular flexibility index (Phi) is 4.23. The first kappa shape index (κ1) is 14.9. The van der Waals surface area contributed by atoms with Gasteiger partial charge in [-0.05, 0) is 62.4 Å². The third-order valence-electron chi connectivity index (χ3n) is 5.12. The van der Waals surface area contributed by atoms with Crippen molar-refractivity contribution >= 4 is 0 Å². The van der Waals surface area contributed by atoms with Gasteiger partial charge in [0.05, 0.1) is 19.3 Å². The normalized spacial score (nSPS) is 28.9. The van der Waals surface area contributed by atoms with Gasteiger partial charge in [0.15, 0.2) is 0 Å². The van der Waals surface area contributed by atoms with E-state index in [9.17, 15) is 0 Å². The van der Waals surface area contributed by atoms with E-state index in [1.807, 2.05) is 0 Å². The van der Waals surface area contributed by atoms with E-state index in [-0.39, 0.29) is 0 Å². The molecule has 116 valence electrons. The molecule has 0 spiro atoms. The second kappa shape index (κ2) is 5.98. The van der Waals surface area contributed by atoms with E-state index in [4.69, 9.17) is 9.47 Å². The average Bonchev–Trinajstić information content (AvgIpc) is 3.09. The van der Waals surface area contributed by atoms with Gasteiger partial charge in [-0.15, -0.1) is 0 Å². The zero-order chi connectivity index (χ0) is 15.0. The average molecular weight is 289 g/mol. The van der Waals surface area contributed by atoms with Crippen LogP contribution in [-0.2, 0) is 4.74 Å². The van der Waals surface area contributed by atoms with Crippen molar-refractivity contribution in [2.24, 2.45) is 5.92 Å². The van der Waals surface area contributed by atoms with Crippen molar-refractivity contribution in [1.29, 1.82) is 0 Å². The van der Waals surface area contributed by atoms with Gasteiger partial charge in [0.2, 0.25) is 0 Å². The molecule has 0 radical (unpaired) electrons. The molecule has 21 heavy (non-hydrogen) atoms. The van der Waals surface area contributed by atoms with Crippen LogP contribution < -0.4 is 10.1 Å². The maximum absolute atomic E-state index is 6.08. The summed E-state index contributed by atoms with van der Waals surface area (Å²) < 4.78 is 11.5. The number of ether oxygens (including phenoxy) is 2. The molecule has 4 atom stereocenters. The summed E-state index contributed by atoms with van der Waals surface area (Å²) in [5.74, 6) is 1.59. The van der Waals surface area contributed by atoms with E-state index in [0.29, 0.717) is 24.2 Å². The monoisotopic (exact) mass is 289 g/mol. The maximum atomic E-state index is 6.08. The summed E-state index contributed by atoms with van der Waals surface area (Å²) >= 11 is 0.